The van der Waals surface area contributed by atoms with Crippen LogP contribution in [-0.4, -0.2) is 29.3 Å². The van der Waals surface area contributed by atoms with Gasteiger partial charge in [-0.15, -0.1) is 0 Å². The summed E-state index contributed by atoms with van der Waals surface area (Å²) in [5.41, 5.74) is 1.65. The molecule has 0 aliphatic heterocycles. The van der Waals surface area contributed by atoms with Crippen molar-refractivity contribution in [2.45, 2.75) is 13.3 Å². The number of nitrogens with zero attached hydrogens (tertiary/aromatic N) is 2. The lowest BCUT2D eigenvalue weighted by Gasteiger charge is -2.11. The summed E-state index contributed by atoms with van der Waals surface area (Å²) >= 11 is 0. The van der Waals surface area contributed by atoms with E-state index in [2.05, 4.69) is 5.10 Å². The predicted octanol–water partition coefficient (Wildman–Crippen LogP) is 2.25. The van der Waals surface area contributed by atoms with Crippen LogP contribution >= 0.6 is 0 Å². The van der Waals surface area contributed by atoms with Crippen molar-refractivity contribution in [3.8, 4) is 11.5 Å². The molecule has 2 rings (SSSR count). The van der Waals surface area contributed by atoms with Crippen LogP contribution in [0.5, 0.6) is 11.5 Å². The van der Waals surface area contributed by atoms with Crippen LogP contribution in [0.2, 0.25) is 0 Å². The number of carbonyl (C=O) groups excluding carboxylic acids is 1. The van der Waals surface area contributed by atoms with Crippen LogP contribution in [-0.2, 0) is 13.5 Å². The Morgan fingerprint density at radius 3 is 2.75 bits per heavy atom. The average molecular weight is 274 g/mol. The van der Waals surface area contributed by atoms with E-state index in [0.717, 1.165) is 12.1 Å². The molecular weight excluding hydrogens is 256 g/mol. The van der Waals surface area contributed by atoms with Gasteiger partial charge >= 0.3 is 0 Å². The van der Waals surface area contributed by atoms with E-state index in [1.165, 1.54) is 6.92 Å². The van der Waals surface area contributed by atoms with Crippen LogP contribution in [0.25, 0.3) is 0 Å². The highest BCUT2D eigenvalue weighted by Crippen LogP contribution is 2.25. The zero-order valence-corrected chi connectivity index (χ0v) is 11.9. The van der Waals surface area contributed by atoms with E-state index in [9.17, 15) is 4.79 Å². The molecule has 0 unspecified atom stereocenters. The first kappa shape index (κ1) is 14.1. The van der Waals surface area contributed by atoms with Crippen molar-refractivity contribution < 1.29 is 14.3 Å². The Morgan fingerprint density at radius 1 is 1.35 bits per heavy atom. The highest BCUT2D eigenvalue weighted by atomic mass is 16.5. The standard InChI is InChI=1S/C15H18N2O3/c1-11(18)14-5-4-13(19-3)10-15(14)20-9-7-12-6-8-16-17(12)2/h4-6,8,10H,7,9H2,1-3H3. The minimum absolute atomic E-state index is 0.0248. The number of ketones is 1. The summed E-state index contributed by atoms with van der Waals surface area (Å²) in [6, 6.07) is 7.16. The normalized spacial score (nSPS) is 10.3. The second-order valence-electron chi connectivity index (χ2n) is 4.46. The molecule has 5 nitrogen and oxygen atoms in total. The second-order valence-corrected chi connectivity index (χ2v) is 4.46. The van der Waals surface area contributed by atoms with Crippen molar-refractivity contribution in [3.05, 3.63) is 41.7 Å². The van der Waals surface area contributed by atoms with Crippen LogP contribution in [0, 0.1) is 0 Å². The van der Waals surface area contributed by atoms with Crippen LogP contribution in [0.15, 0.2) is 30.5 Å². The van der Waals surface area contributed by atoms with Gasteiger partial charge in [-0.25, -0.2) is 0 Å². The van der Waals surface area contributed by atoms with E-state index >= 15 is 0 Å². The van der Waals surface area contributed by atoms with Gasteiger partial charge in [-0.05, 0) is 25.1 Å². The third-order valence-corrected chi connectivity index (χ3v) is 3.11. The fourth-order valence-electron chi connectivity index (χ4n) is 1.95. The fraction of sp³-hybridized carbons (Fsp3) is 0.333. The molecule has 0 radical (unpaired) electrons. The van der Waals surface area contributed by atoms with Gasteiger partial charge in [0.2, 0.25) is 0 Å². The number of methoxy groups -OCH3 is 1. The molecule has 0 saturated carbocycles. The monoisotopic (exact) mass is 274 g/mol. The number of aryl methyl sites for hydroxylation is 1. The number of hydrogen-bond acceptors (Lipinski definition) is 4. The van der Waals surface area contributed by atoms with Gasteiger partial charge in [-0.2, -0.15) is 5.10 Å². The van der Waals surface area contributed by atoms with Crippen molar-refractivity contribution in [2.24, 2.45) is 7.05 Å². The lowest BCUT2D eigenvalue weighted by atomic mass is 10.1. The zero-order valence-electron chi connectivity index (χ0n) is 11.9. The first-order valence-electron chi connectivity index (χ1n) is 6.40. The van der Waals surface area contributed by atoms with Crippen LogP contribution in [0.3, 0.4) is 0 Å². The first-order chi connectivity index (χ1) is 9.61. The van der Waals surface area contributed by atoms with Gasteiger partial charge in [0.1, 0.15) is 11.5 Å². The molecule has 2 aromatic rings. The molecule has 0 saturated heterocycles. The van der Waals surface area contributed by atoms with Gasteiger partial charge in [0.05, 0.1) is 19.3 Å². The lowest BCUT2D eigenvalue weighted by Crippen LogP contribution is -2.08. The molecule has 106 valence electrons. The van der Waals surface area contributed by atoms with Gasteiger partial charge in [-0.1, -0.05) is 0 Å². The summed E-state index contributed by atoms with van der Waals surface area (Å²) in [5.74, 6) is 1.20. The van der Waals surface area contributed by atoms with E-state index in [1.54, 1.807) is 36.2 Å². The molecule has 0 aliphatic rings. The number of aromatic nitrogens is 2. The predicted molar refractivity (Wildman–Crippen MR) is 75.4 cm³/mol. The smallest absolute Gasteiger partial charge is 0.163 e. The fourth-order valence-corrected chi connectivity index (χ4v) is 1.95. The van der Waals surface area contributed by atoms with Gasteiger partial charge in [0, 0.05) is 31.4 Å². The molecule has 0 N–H and O–H groups in total. The summed E-state index contributed by atoms with van der Waals surface area (Å²) in [6.45, 7) is 2.00. The first-order valence-corrected chi connectivity index (χ1v) is 6.40. The van der Waals surface area contributed by atoms with Crippen molar-refractivity contribution in [1.29, 1.82) is 0 Å². The largest absolute Gasteiger partial charge is 0.497 e. The van der Waals surface area contributed by atoms with Gasteiger partial charge in [0.25, 0.3) is 0 Å². The Kier molecular flexibility index (Phi) is 4.40. The third kappa shape index (κ3) is 3.17. The van der Waals surface area contributed by atoms with E-state index in [4.69, 9.17) is 9.47 Å². The summed E-state index contributed by atoms with van der Waals surface area (Å²) in [6.07, 6.45) is 2.48. The molecule has 0 spiro atoms. The van der Waals surface area contributed by atoms with Gasteiger partial charge in [0.15, 0.2) is 5.78 Å². The van der Waals surface area contributed by atoms with Gasteiger partial charge in [-0.3, -0.25) is 9.48 Å². The summed E-state index contributed by atoms with van der Waals surface area (Å²) in [7, 11) is 3.48. The summed E-state index contributed by atoms with van der Waals surface area (Å²) in [5, 5.41) is 4.10. The average Bonchev–Trinajstić information content (AvgIpc) is 2.84. The second kappa shape index (κ2) is 6.23. The minimum atomic E-state index is -0.0248. The number of benzene rings is 1. The van der Waals surface area contributed by atoms with Crippen molar-refractivity contribution in [2.75, 3.05) is 13.7 Å². The van der Waals surface area contributed by atoms with Crippen LogP contribution < -0.4 is 9.47 Å². The molecule has 0 atom stereocenters. The quantitative estimate of drug-likeness (QED) is 0.758. The van der Waals surface area contributed by atoms with Crippen LogP contribution in [0.4, 0.5) is 0 Å². The Balaban J connectivity index is 2.07. The molecular formula is C15H18N2O3. The minimum Gasteiger partial charge on any atom is -0.497 e. The molecule has 20 heavy (non-hydrogen) atoms. The molecule has 5 heteroatoms. The molecule has 1 aromatic heterocycles. The number of carbonyl (C=O) groups is 1. The highest BCUT2D eigenvalue weighted by molar-refractivity contribution is 5.97. The summed E-state index contributed by atoms with van der Waals surface area (Å²) in [4.78, 5) is 11.6. The maximum absolute atomic E-state index is 11.6. The van der Waals surface area contributed by atoms with Crippen molar-refractivity contribution in [1.82, 2.24) is 9.78 Å². The molecule has 1 heterocycles. The summed E-state index contributed by atoms with van der Waals surface area (Å²) < 4.78 is 12.7. The maximum atomic E-state index is 11.6. The van der Waals surface area contributed by atoms with E-state index in [1.807, 2.05) is 13.1 Å². The Bertz CT molecular complexity index is 605. The van der Waals surface area contributed by atoms with E-state index in [0.29, 0.717) is 23.7 Å². The topological polar surface area (TPSA) is 53.4 Å². The van der Waals surface area contributed by atoms with Gasteiger partial charge < -0.3 is 9.47 Å². The Labute approximate surface area is 118 Å². The van der Waals surface area contributed by atoms with E-state index in [-0.39, 0.29) is 5.78 Å². The van der Waals surface area contributed by atoms with Crippen molar-refractivity contribution >= 4 is 5.78 Å². The number of Topliss-reactive ketones (excluding diaryl/α,β-unsaturated/α-hetero) is 1. The third-order valence-electron chi connectivity index (χ3n) is 3.11. The number of ether oxygens (including phenoxy) is 2. The molecule has 0 amide bonds. The highest BCUT2D eigenvalue weighted by Gasteiger charge is 2.10. The molecule has 0 fully saturated rings. The zero-order chi connectivity index (χ0) is 14.5. The van der Waals surface area contributed by atoms with Crippen molar-refractivity contribution in [3.63, 3.8) is 0 Å². The Morgan fingerprint density at radius 2 is 2.15 bits per heavy atom. The molecule has 1 aromatic carbocycles. The number of hydrogen-bond donors (Lipinski definition) is 0. The molecule has 0 bridgehead atoms. The van der Waals surface area contributed by atoms with Crippen LogP contribution in [0.1, 0.15) is 23.0 Å². The lowest BCUT2D eigenvalue weighted by molar-refractivity contribution is 0.101. The SMILES string of the molecule is COc1ccc(C(C)=O)c(OCCc2ccnn2C)c1. The van der Waals surface area contributed by atoms with E-state index < -0.39 is 0 Å². The number of rotatable bonds is 6. The Hall–Kier alpha value is -2.30. The maximum Gasteiger partial charge on any atom is 0.163 e. The molecule has 0 aliphatic carbocycles.